The Balaban J connectivity index is 1.85. The molecule has 0 unspecified atom stereocenters. The topological polar surface area (TPSA) is 93.3 Å². The Morgan fingerprint density at radius 3 is 2.52 bits per heavy atom. The zero-order valence-corrected chi connectivity index (χ0v) is 12.8. The van der Waals surface area contributed by atoms with Gasteiger partial charge in [-0.25, -0.2) is 0 Å². The normalized spacial score (nSPS) is 11.2. The highest BCUT2D eigenvalue weighted by Gasteiger charge is 2.31. The van der Waals surface area contributed by atoms with Gasteiger partial charge in [-0.2, -0.15) is 13.2 Å². The molecule has 2 aromatic rings. The molecule has 0 aromatic carbocycles. The van der Waals surface area contributed by atoms with Crippen LogP contribution in [-0.4, -0.2) is 22.9 Å². The number of halogens is 3. The smallest absolute Gasteiger partial charge is 0.417 e. The average molecular weight is 357 g/mol. The predicted octanol–water partition coefficient (Wildman–Crippen LogP) is 0.893. The third-order valence-electron chi connectivity index (χ3n) is 3.11. The number of alkyl halides is 3. The minimum absolute atomic E-state index is 0.134. The summed E-state index contributed by atoms with van der Waals surface area (Å²) in [5.74, 6) is -0.758. The van der Waals surface area contributed by atoms with E-state index >= 15 is 0 Å². The van der Waals surface area contributed by atoms with Gasteiger partial charge in [-0.05, 0) is 18.2 Å². The first-order valence-corrected chi connectivity index (χ1v) is 7.09. The fourth-order valence-electron chi connectivity index (χ4n) is 1.87. The lowest BCUT2D eigenvalue weighted by Gasteiger charge is -2.11. The number of amides is 2. The van der Waals surface area contributed by atoms with Crippen molar-refractivity contribution in [3.8, 4) is 0 Å². The molecule has 0 saturated carbocycles. The summed E-state index contributed by atoms with van der Waals surface area (Å²) in [7, 11) is 0. The molecule has 0 atom stereocenters. The monoisotopic (exact) mass is 357 g/mol. The van der Waals surface area contributed by atoms with E-state index in [-0.39, 0.29) is 13.1 Å². The molecule has 0 aliphatic carbocycles. The highest BCUT2D eigenvalue weighted by atomic mass is 19.4. The molecule has 0 bridgehead atoms. The molecule has 0 aliphatic heterocycles. The number of aromatic nitrogens is 1. The third kappa shape index (κ3) is 5.52. The van der Waals surface area contributed by atoms with E-state index in [4.69, 9.17) is 4.42 Å². The number of hydrogen-bond acceptors (Lipinski definition) is 4. The SMILES string of the molecule is O=C(CNC(=O)Cn1cc(C(F)(F)F)ccc1=O)NCc1ccco1. The molecule has 0 radical (unpaired) electrons. The maximum absolute atomic E-state index is 12.6. The number of pyridine rings is 1. The highest BCUT2D eigenvalue weighted by Crippen LogP contribution is 2.27. The van der Waals surface area contributed by atoms with Gasteiger partial charge >= 0.3 is 6.18 Å². The molecule has 25 heavy (non-hydrogen) atoms. The summed E-state index contributed by atoms with van der Waals surface area (Å²) in [6, 6.07) is 4.67. The number of rotatable bonds is 6. The van der Waals surface area contributed by atoms with Gasteiger partial charge in [0.25, 0.3) is 5.56 Å². The number of furan rings is 1. The Hall–Kier alpha value is -3.04. The Morgan fingerprint density at radius 1 is 1.12 bits per heavy atom. The Labute approximate surface area is 139 Å². The van der Waals surface area contributed by atoms with E-state index in [1.807, 2.05) is 0 Å². The summed E-state index contributed by atoms with van der Waals surface area (Å²) in [6.45, 7) is -0.879. The fraction of sp³-hybridized carbons (Fsp3) is 0.267. The Bertz CT molecular complexity index is 797. The van der Waals surface area contributed by atoms with Gasteiger partial charge in [0.1, 0.15) is 12.3 Å². The van der Waals surface area contributed by atoms with Crippen LogP contribution < -0.4 is 16.2 Å². The first-order valence-electron chi connectivity index (χ1n) is 7.09. The van der Waals surface area contributed by atoms with Crippen molar-refractivity contribution in [1.29, 1.82) is 0 Å². The van der Waals surface area contributed by atoms with Crippen molar-refractivity contribution >= 4 is 11.8 Å². The third-order valence-corrected chi connectivity index (χ3v) is 3.11. The molecule has 2 amide bonds. The fourth-order valence-corrected chi connectivity index (χ4v) is 1.87. The molecule has 2 heterocycles. The minimum Gasteiger partial charge on any atom is -0.467 e. The molecule has 7 nitrogen and oxygen atoms in total. The van der Waals surface area contributed by atoms with Crippen LogP contribution in [0.15, 0.2) is 45.9 Å². The molecule has 2 aromatic heterocycles. The van der Waals surface area contributed by atoms with E-state index in [0.29, 0.717) is 22.6 Å². The zero-order chi connectivity index (χ0) is 18.4. The molecule has 2 rings (SSSR count). The average Bonchev–Trinajstić information content (AvgIpc) is 3.05. The van der Waals surface area contributed by atoms with Crippen molar-refractivity contribution in [2.75, 3.05) is 6.54 Å². The van der Waals surface area contributed by atoms with Gasteiger partial charge in [-0.1, -0.05) is 0 Å². The van der Waals surface area contributed by atoms with Crippen molar-refractivity contribution in [3.05, 3.63) is 58.4 Å². The van der Waals surface area contributed by atoms with Gasteiger partial charge in [0.15, 0.2) is 0 Å². The van der Waals surface area contributed by atoms with Crippen LogP contribution in [0.25, 0.3) is 0 Å². The largest absolute Gasteiger partial charge is 0.467 e. The zero-order valence-electron chi connectivity index (χ0n) is 12.8. The number of carbonyl (C=O) groups excluding carboxylic acids is 2. The molecule has 134 valence electrons. The maximum Gasteiger partial charge on any atom is 0.417 e. The van der Waals surface area contributed by atoms with Gasteiger partial charge in [-0.3, -0.25) is 14.4 Å². The molecule has 0 spiro atoms. The van der Waals surface area contributed by atoms with Crippen molar-refractivity contribution in [2.24, 2.45) is 0 Å². The summed E-state index contributed by atoms with van der Waals surface area (Å²) in [5, 5.41) is 4.70. The van der Waals surface area contributed by atoms with Crippen LogP contribution in [-0.2, 0) is 28.9 Å². The van der Waals surface area contributed by atoms with Crippen LogP contribution in [0.1, 0.15) is 11.3 Å². The van der Waals surface area contributed by atoms with Crippen LogP contribution in [0.2, 0.25) is 0 Å². The summed E-state index contributed by atoms with van der Waals surface area (Å²) >= 11 is 0. The van der Waals surface area contributed by atoms with E-state index in [2.05, 4.69) is 10.6 Å². The van der Waals surface area contributed by atoms with Gasteiger partial charge in [-0.15, -0.1) is 0 Å². The van der Waals surface area contributed by atoms with Gasteiger partial charge in [0.05, 0.1) is 24.9 Å². The van der Waals surface area contributed by atoms with Crippen LogP contribution in [0.5, 0.6) is 0 Å². The Morgan fingerprint density at radius 2 is 1.88 bits per heavy atom. The van der Waals surface area contributed by atoms with Crippen LogP contribution in [0.4, 0.5) is 13.2 Å². The number of nitrogens with zero attached hydrogens (tertiary/aromatic N) is 1. The first kappa shape index (κ1) is 18.3. The number of nitrogens with one attached hydrogen (secondary N) is 2. The predicted molar refractivity (Wildman–Crippen MR) is 79.3 cm³/mol. The standard InChI is InChI=1S/C15H14F3N3O4/c16-15(17,18)10-3-4-14(24)21(8-10)9-13(23)20-7-12(22)19-6-11-2-1-5-25-11/h1-5,8H,6-7,9H2,(H,19,22)(H,20,23). The van der Waals surface area contributed by atoms with E-state index < -0.39 is 35.7 Å². The van der Waals surface area contributed by atoms with Crippen molar-refractivity contribution in [2.45, 2.75) is 19.3 Å². The van der Waals surface area contributed by atoms with Gasteiger partial charge < -0.3 is 19.6 Å². The Kier molecular flexibility index (Phi) is 5.63. The first-order chi connectivity index (χ1) is 11.8. The molecule has 2 N–H and O–H groups in total. The summed E-state index contributed by atoms with van der Waals surface area (Å²) in [5.41, 5.74) is -1.80. The summed E-state index contributed by atoms with van der Waals surface area (Å²) in [4.78, 5) is 34.8. The van der Waals surface area contributed by atoms with Crippen molar-refractivity contribution in [1.82, 2.24) is 15.2 Å². The summed E-state index contributed by atoms with van der Waals surface area (Å²) in [6.07, 6.45) is -2.63. The highest BCUT2D eigenvalue weighted by molar-refractivity contribution is 5.84. The number of carbonyl (C=O) groups is 2. The lowest BCUT2D eigenvalue weighted by atomic mass is 10.3. The van der Waals surface area contributed by atoms with Crippen LogP contribution >= 0.6 is 0 Å². The van der Waals surface area contributed by atoms with Crippen molar-refractivity contribution in [3.63, 3.8) is 0 Å². The van der Waals surface area contributed by atoms with Gasteiger partial charge in [0, 0.05) is 12.3 Å². The summed E-state index contributed by atoms with van der Waals surface area (Å²) < 4.78 is 43.5. The molecular weight excluding hydrogens is 343 g/mol. The molecular formula is C15H14F3N3O4. The van der Waals surface area contributed by atoms with Crippen LogP contribution in [0.3, 0.4) is 0 Å². The molecule has 0 saturated heterocycles. The van der Waals surface area contributed by atoms with Crippen molar-refractivity contribution < 1.29 is 27.2 Å². The second-order valence-electron chi connectivity index (χ2n) is 5.01. The second kappa shape index (κ2) is 7.69. The van der Waals surface area contributed by atoms with Crippen LogP contribution in [0, 0.1) is 0 Å². The number of hydrogen-bond donors (Lipinski definition) is 2. The van der Waals surface area contributed by atoms with E-state index in [1.54, 1.807) is 12.1 Å². The lowest BCUT2D eigenvalue weighted by Crippen LogP contribution is -2.39. The molecule has 10 heteroatoms. The molecule has 0 aliphatic rings. The quantitative estimate of drug-likeness (QED) is 0.803. The van der Waals surface area contributed by atoms with E-state index in [1.165, 1.54) is 6.26 Å². The van der Waals surface area contributed by atoms with Gasteiger partial charge in [0.2, 0.25) is 11.8 Å². The second-order valence-corrected chi connectivity index (χ2v) is 5.01. The van der Waals surface area contributed by atoms with E-state index in [0.717, 1.165) is 6.07 Å². The lowest BCUT2D eigenvalue weighted by molar-refractivity contribution is -0.138. The minimum atomic E-state index is -4.63. The van der Waals surface area contributed by atoms with E-state index in [9.17, 15) is 27.6 Å². The maximum atomic E-state index is 12.6. The molecule has 0 fully saturated rings.